The molecule has 0 amide bonds. The Balaban J connectivity index is 1.99. The van der Waals surface area contributed by atoms with E-state index < -0.39 is 5.60 Å². The summed E-state index contributed by atoms with van der Waals surface area (Å²) >= 11 is 0. The summed E-state index contributed by atoms with van der Waals surface area (Å²) in [6.45, 7) is 9.85. The van der Waals surface area contributed by atoms with Crippen LogP contribution in [0.15, 0.2) is 30.3 Å². The summed E-state index contributed by atoms with van der Waals surface area (Å²) in [4.78, 5) is 16.9. The Morgan fingerprint density at radius 3 is 2.58 bits per heavy atom. The van der Waals surface area contributed by atoms with Gasteiger partial charge in [-0.2, -0.15) is 0 Å². The van der Waals surface area contributed by atoms with Crippen molar-refractivity contribution in [3.63, 3.8) is 0 Å². The fraction of sp³-hybridized carbons (Fsp3) is 0.632. The van der Waals surface area contributed by atoms with Crippen molar-refractivity contribution in [2.45, 2.75) is 31.9 Å². The molecule has 1 aromatic rings. The molecule has 5 nitrogen and oxygen atoms in total. The van der Waals surface area contributed by atoms with Gasteiger partial charge in [-0.3, -0.25) is 9.69 Å². The van der Waals surface area contributed by atoms with Crippen LogP contribution in [0, 0.1) is 0 Å². The maximum absolute atomic E-state index is 12.0. The molecule has 0 radical (unpaired) electrons. The van der Waals surface area contributed by atoms with Crippen molar-refractivity contribution >= 4 is 5.97 Å². The Labute approximate surface area is 144 Å². The molecule has 2 fully saturated rings. The molecule has 2 aliphatic rings. The van der Waals surface area contributed by atoms with Gasteiger partial charge in [0, 0.05) is 39.5 Å². The Hall–Kier alpha value is -1.43. The molecule has 0 bridgehead atoms. The molecule has 0 aromatic heterocycles. The highest BCUT2D eigenvalue weighted by Gasteiger charge is 2.49. The van der Waals surface area contributed by atoms with Crippen LogP contribution in [0.1, 0.15) is 25.8 Å². The lowest BCUT2D eigenvalue weighted by molar-refractivity contribution is -0.180. The van der Waals surface area contributed by atoms with Crippen LogP contribution in [0.25, 0.3) is 0 Å². The number of hydrogen-bond acceptors (Lipinski definition) is 5. The molecule has 2 aliphatic heterocycles. The summed E-state index contributed by atoms with van der Waals surface area (Å²) in [6, 6.07) is 10.4. The van der Waals surface area contributed by atoms with Crippen LogP contribution < -0.4 is 0 Å². The summed E-state index contributed by atoms with van der Waals surface area (Å²) in [5, 5.41) is 0. The third kappa shape index (κ3) is 3.48. The van der Waals surface area contributed by atoms with E-state index in [1.54, 1.807) is 0 Å². The molecule has 0 saturated carbocycles. The lowest BCUT2D eigenvalue weighted by Crippen LogP contribution is -2.63. The molecule has 24 heavy (non-hydrogen) atoms. The van der Waals surface area contributed by atoms with E-state index in [0.717, 1.165) is 57.9 Å². The van der Waals surface area contributed by atoms with Crippen molar-refractivity contribution in [2.24, 2.45) is 0 Å². The first-order chi connectivity index (χ1) is 11.7. The highest BCUT2D eigenvalue weighted by molar-refractivity contribution is 5.67. The van der Waals surface area contributed by atoms with Crippen LogP contribution >= 0.6 is 0 Å². The van der Waals surface area contributed by atoms with Gasteiger partial charge in [0.15, 0.2) is 5.60 Å². The van der Waals surface area contributed by atoms with Crippen molar-refractivity contribution < 1.29 is 14.3 Å². The van der Waals surface area contributed by atoms with E-state index in [1.165, 1.54) is 6.92 Å². The van der Waals surface area contributed by atoms with Crippen LogP contribution in [-0.4, -0.2) is 67.7 Å². The van der Waals surface area contributed by atoms with Crippen LogP contribution in [-0.2, 0) is 19.9 Å². The van der Waals surface area contributed by atoms with Gasteiger partial charge in [0.2, 0.25) is 0 Å². The number of morpholine rings is 1. The summed E-state index contributed by atoms with van der Waals surface area (Å²) in [6.07, 6.45) is 0.826. The second kappa shape index (κ2) is 7.64. The molecule has 0 N–H and O–H groups in total. The zero-order valence-corrected chi connectivity index (χ0v) is 14.7. The van der Waals surface area contributed by atoms with Crippen LogP contribution in [0.3, 0.4) is 0 Å². The van der Waals surface area contributed by atoms with Crippen LogP contribution in [0.5, 0.6) is 0 Å². The number of ether oxygens (including phenoxy) is 2. The van der Waals surface area contributed by atoms with Gasteiger partial charge >= 0.3 is 5.97 Å². The number of rotatable bonds is 4. The first-order valence-electron chi connectivity index (χ1n) is 8.95. The summed E-state index contributed by atoms with van der Waals surface area (Å²) in [7, 11) is 0. The lowest BCUT2D eigenvalue weighted by Gasteiger charge is -2.51. The fourth-order valence-corrected chi connectivity index (χ4v) is 4.05. The van der Waals surface area contributed by atoms with Crippen molar-refractivity contribution in [2.75, 3.05) is 45.9 Å². The fourth-order valence-electron chi connectivity index (χ4n) is 4.05. The molecule has 2 saturated heterocycles. The second-order valence-corrected chi connectivity index (χ2v) is 6.66. The number of benzene rings is 1. The predicted octanol–water partition coefficient (Wildman–Crippen LogP) is 1.87. The standard InChI is InChI=1S/C19H28N2O3/c1-3-20-10-9-19(24-16(2)22,17-7-5-4-6-8-17)18(15-20)21-11-13-23-14-12-21/h4-8,18H,3,9-15H2,1-2H3. The Kier molecular flexibility index (Phi) is 5.54. The number of piperidine rings is 1. The Morgan fingerprint density at radius 2 is 1.96 bits per heavy atom. The number of nitrogens with zero attached hydrogens (tertiary/aromatic N) is 2. The quantitative estimate of drug-likeness (QED) is 0.788. The van der Waals surface area contributed by atoms with E-state index in [9.17, 15) is 4.79 Å². The first-order valence-corrected chi connectivity index (χ1v) is 8.95. The van der Waals surface area contributed by atoms with E-state index in [4.69, 9.17) is 9.47 Å². The normalized spacial score (nSPS) is 29.3. The lowest BCUT2D eigenvalue weighted by atomic mass is 9.79. The predicted molar refractivity (Wildman–Crippen MR) is 92.8 cm³/mol. The minimum Gasteiger partial charge on any atom is -0.453 e. The zero-order valence-electron chi connectivity index (χ0n) is 14.7. The number of likely N-dealkylation sites (tertiary alicyclic amines) is 1. The third-order valence-corrected chi connectivity index (χ3v) is 5.29. The van der Waals surface area contributed by atoms with Gasteiger partial charge in [0.05, 0.1) is 19.3 Å². The average Bonchev–Trinajstić information content (AvgIpc) is 2.63. The van der Waals surface area contributed by atoms with Gasteiger partial charge in [-0.25, -0.2) is 0 Å². The molecule has 2 atom stereocenters. The molecular weight excluding hydrogens is 304 g/mol. The maximum Gasteiger partial charge on any atom is 0.303 e. The molecule has 2 heterocycles. The Morgan fingerprint density at radius 1 is 1.25 bits per heavy atom. The summed E-state index contributed by atoms with van der Waals surface area (Å²) in [5.74, 6) is -0.206. The van der Waals surface area contributed by atoms with E-state index >= 15 is 0 Å². The monoisotopic (exact) mass is 332 g/mol. The molecule has 0 spiro atoms. The SMILES string of the molecule is CCN1CCC(OC(C)=O)(c2ccccc2)C(N2CCOCC2)C1. The van der Waals surface area contributed by atoms with Crippen molar-refractivity contribution in [3.8, 4) is 0 Å². The third-order valence-electron chi connectivity index (χ3n) is 5.29. The number of esters is 1. The summed E-state index contributed by atoms with van der Waals surface area (Å²) in [5.41, 5.74) is 0.531. The molecule has 3 rings (SSSR count). The molecule has 0 aliphatic carbocycles. The van der Waals surface area contributed by atoms with Gasteiger partial charge in [0.25, 0.3) is 0 Å². The first kappa shape index (κ1) is 17.4. The molecular formula is C19H28N2O3. The van der Waals surface area contributed by atoms with Gasteiger partial charge in [-0.15, -0.1) is 0 Å². The van der Waals surface area contributed by atoms with E-state index in [-0.39, 0.29) is 12.0 Å². The topological polar surface area (TPSA) is 42.0 Å². The molecule has 2 unspecified atom stereocenters. The smallest absolute Gasteiger partial charge is 0.303 e. The summed E-state index contributed by atoms with van der Waals surface area (Å²) < 4.78 is 11.6. The molecule has 1 aromatic carbocycles. The molecule has 132 valence electrons. The van der Waals surface area contributed by atoms with Crippen LogP contribution in [0.2, 0.25) is 0 Å². The zero-order chi connectivity index (χ0) is 17.0. The number of carbonyl (C=O) groups excluding carboxylic acids is 1. The van der Waals surface area contributed by atoms with Gasteiger partial charge in [-0.1, -0.05) is 37.3 Å². The minimum atomic E-state index is -0.573. The number of likely N-dealkylation sites (N-methyl/N-ethyl adjacent to an activating group) is 1. The van der Waals surface area contributed by atoms with E-state index in [0.29, 0.717) is 0 Å². The second-order valence-electron chi connectivity index (χ2n) is 6.66. The van der Waals surface area contributed by atoms with Crippen molar-refractivity contribution in [1.29, 1.82) is 0 Å². The van der Waals surface area contributed by atoms with E-state index in [2.05, 4.69) is 28.9 Å². The average molecular weight is 332 g/mol. The van der Waals surface area contributed by atoms with E-state index in [1.807, 2.05) is 18.2 Å². The van der Waals surface area contributed by atoms with Crippen molar-refractivity contribution in [1.82, 2.24) is 9.80 Å². The minimum absolute atomic E-state index is 0.154. The number of carbonyl (C=O) groups is 1. The maximum atomic E-state index is 12.0. The Bertz CT molecular complexity index is 545. The highest BCUT2D eigenvalue weighted by Crippen LogP contribution is 2.40. The van der Waals surface area contributed by atoms with Gasteiger partial charge in [0.1, 0.15) is 0 Å². The van der Waals surface area contributed by atoms with Gasteiger partial charge < -0.3 is 14.4 Å². The largest absolute Gasteiger partial charge is 0.453 e. The van der Waals surface area contributed by atoms with Crippen molar-refractivity contribution in [3.05, 3.63) is 35.9 Å². The van der Waals surface area contributed by atoms with Gasteiger partial charge in [-0.05, 0) is 12.1 Å². The highest BCUT2D eigenvalue weighted by atomic mass is 16.6. The molecule has 5 heteroatoms. The van der Waals surface area contributed by atoms with Crippen LogP contribution in [0.4, 0.5) is 0 Å². The number of hydrogen-bond donors (Lipinski definition) is 0.